The number of urea groups is 1. The summed E-state index contributed by atoms with van der Waals surface area (Å²) in [6, 6.07) is -0.869. The van der Waals surface area contributed by atoms with Crippen molar-refractivity contribution in [1.29, 1.82) is 0 Å². The number of hydrazine groups is 1. The molecule has 1 aliphatic heterocycles. The second-order valence-corrected chi connectivity index (χ2v) is 4.04. The monoisotopic (exact) mass is 268 g/mol. The zero-order valence-corrected chi connectivity index (χ0v) is 10.5. The summed E-state index contributed by atoms with van der Waals surface area (Å²) in [5, 5.41) is 3.88. The lowest BCUT2D eigenvalue weighted by molar-refractivity contribution is -0.134. The highest BCUT2D eigenvalue weighted by Gasteiger charge is 2.36. The highest BCUT2D eigenvalue weighted by atomic mass is 16.2. The molecule has 0 spiro atoms. The Bertz CT molecular complexity index is 412. The summed E-state index contributed by atoms with van der Waals surface area (Å²) in [6.07, 6.45) is 1.95. The SMILES string of the molecule is C=C(NNC(=O)CCCC)C1C(=O)NC(=O)NC1=O. The number of imide groups is 2. The van der Waals surface area contributed by atoms with Crippen LogP contribution in [0.4, 0.5) is 4.79 Å². The Morgan fingerprint density at radius 1 is 1.21 bits per heavy atom. The van der Waals surface area contributed by atoms with E-state index < -0.39 is 23.8 Å². The van der Waals surface area contributed by atoms with E-state index in [2.05, 4.69) is 17.4 Å². The van der Waals surface area contributed by atoms with Gasteiger partial charge < -0.3 is 5.43 Å². The molecule has 1 aliphatic rings. The van der Waals surface area contributed by atoms with Crippen molar-refractivity contribution < 1.29 is 19.2 Å². The first-order chi connectivity index (χ1) is 8.95. The smallest absolute Gasteiger partial charge is 0.302 e. The van der Waals surface area contributed by atoms with Crippen molar-refractivity contribution in [2.24, 2.45) is 5.92 Å². The maximum Gasteiger partial charge on any atom is 0.328 e. The average Bonchev–Trinajstić information content (AvgIpc) is 2.32. The second-order valence-electron chi connectivity index (χ2n) is 4.04. The molecule has 0 atom stereocenters. The van der Waals surface area contributed by atoms with Crippen LogP contribution in [-0.4, -0.2) is 23.8 Å². The van der Waals surface area contributed by atoms with Gasteiger partial charge in [0, 0.05) is 12.1 Å². The Morgan fingerprint density at radius 3 is 2.32 bits per heavy atom. The minimum absolute atomic E-state index is 0.00708. The molecule has 104 valence electrons. The molecule has 0 saturated carbocycles. The molecule has 1 fully saturated rings. The summed E-state index contributed by atoms with van der Waals surface area (Å²) in [4.78, 5) is 45.1. The van der Waals surface area contributed by atoms with Crippen LogP contribution >= 0.6 is 0 Å². The van der Waals surface area contributed by atoms with Crippen molar-refractivity contribution in [3.8, 4) is 0 Å². The minimum Gasteiger partial charge on any atom is -0.302 e. The van der Waals surface area contributed by atoms with Crippen LogP contribution in [0, 0.1) is 5.92 Å². The van der Waals surface area contributed by atoms with Gasteiger partial charge >= 0.3 is 6.03 Å². The Morgan fingerprint density at radius 2 is 1.79 bits per heavy atom. The third-order valence-electron chi connectivity index (χ3n) is 2.47. The topological polar surface area (TPSA) is 116 Å². The first-order valence-electron chi connectivity index (χ1n) is 5.85. The number of carbonyl (C=O) groups excluding carboxylic acids is 4. The highest BCUT2D eigenvalue weighted by Crippen LogP contribution is 2.09. The molecule has 0 aromatic carbocycles. The molecule has 0 unspecified atom stereocenters. The summed E-state index contributed by atoms with van der Waals surface area (Å²) in [5.41, 5.74) is 4.74. The third kappa shape index (κ3) is 4.09. The van der Waals surface area contributed by atoms with E-state index in [0.29, 0.717) is 6.42 Å². The molecule has 8 nitrogen and oxygen atoms in total. The normalized spacial score (nSPS) is 15.5. The van der Waals surface area contributed by atoms with Gasteiger partial charge in [-0.3, -0.25) is 30.4 Å². The summed E-state index contributed by atoms with van der Waals surface area (Å²) in [7, 11) is 0. The maximum atomic E-state index is 11.5. The van der Waals surface area contributed by atoms with Gasteiger partial charge in [0.1, 0.15) is 0 Å². The van der Waals surface area contributed by atoms with E-state index in [4.69, 9.17) is 0 Å². The fraction of sp³-hybridized carbons (Fsp3) is 0.455. The van der Waals surface area contributed by atoms with Crippen LogP contribution in [-0.2, 0) is 14.4 Å². The predicted molar refractivity (Wildman–Crippen MR) is 65.1 cm³/mol. The van der Waals surface area contributed by atoms with Crippen molar-refractivity contribution in [2.45, 2.75) is 26.2 Å². The molecule has 5 amide bonds. The lowest BCUT2D eigenvalue weighted by Crippen LogP contribution is -2.58. The molecule has 0 bridgehead atoms. The highest BCUT2D eigenvalue weighted by molar-refractivity contribution is 6.17. The van der Waals surface area contributed by atoms with Crippen molar-refractivity contribution in [3.05, 3.63) is 12.3 Å². The minimum atomic E-state index is -1.26. The van der Waals surface area contributed by atoms with Crippen LogP contribution in [0.3, 0.4) is 0 Å². The van der Waals surface area contributed by atoms with Crippen LogP contribution < -0.4 is 21.5 Å². The molecule has 0 aromatic heterocycles. The van der Waals surface area contributed by atoms with Gasteiger partial charge in [0.25, 0.3) is 0 Å². The van der Waals surface area contributed by atoms with Gasteiger partial charge in [-0.1, -0.05) is 19.9 Å². The molecule has 8 heteroatoms. The largest absolute Gasteiger partial charge is 0.328 e. The van der Waals surface area contributed by atoms with E-state index in [0.717, 1.165) is 12.8 Å². The first kappa shape index (κ1) is 14.7. The van der Waals surface area contributed by atoms with E-state index in [-0.39, 0.29) is 11.6 Å². The zero-order valence-electron chi connectivity index (χ0n) is 10.5. The van der Waals surface area contributed by atoms with Gasteiger partial charge in [-0.15, -0.1) is 0 Å². The quantitative estimate of drug-likeness (QED) is 0.375. The van der Waals surface area contributed by atoms with E-state index >= 15 is 0 Å². The molecule has 1 saturated heterocycles. The lowest BCUT2D eigenvalue weighted by atomic mass is 10.0. The van der Waals surface area contributed by atoms with E-state index in [1.807, 2.05) is 17.6 Å². The van der Waals surface area contributed by atoms with Crippen LogP contribution in [0.2, 0.25) is 0 Å². The molecule has 19 heavy (non-hydrogen) atoms. The van der Waals surface area contributed by atoms with Crippen molar-refractivity contribution in [3.63, 3.8) is 0 Å². The molecule has 0 radical (unpaired) electrons. The van der Waals surface area contributed by atoms with Gasteiger partial charge in [-0.2, -0.15) is 0 Å². The summed E-state index contributed by atoms with van der Waals surface area (Å²) < 4.78 is 0. The molecule has 1 heterocycles. The molecular formula is C11H16N4O4. The number of unbranched alkanes of at least 4 members (excludes halogenated alkanes) is 1. The number of hydrogen-bond acceptors (Lipinski definition) is 5. The molecule has 1 rings (SSSR count). The fourth-order valence-corrected chi connectivity index (χ4v) is 1.46. The molecule has 0 aromatic rings. The fourth-order valence-electron chi connectivity index (χ4n) is 1.46. The van der Waals surface area contributed by atoms with Crippen molar-refractivity contribution in [1.82, 2.24) is 21.5 Å². The van der Waals surface area contributed by atoms with Crippen LogP contribution in [0.5, 0.6) is 0 Å². The zero-order chi connectivity index (χ0) is 14.4. The molecule has 4 N–H and O–H groups in total. The van der Waals surface area contributed by atoms with E-state index in [9.17, 15) is 19.2 Å². The lowest BCUT2D eigenvalue weighted by Gasteiger charge is -2.23. The number of amides is 5. The Balaban J connectivity index is 2.49. The van der Waals surface area contributed by atoms with Crippen LogP contribution in [0.15, 0.2) is 12.3 Å². The predicted octanol–water partition coefficient (Wildman–Crippen LogP) is -0.707. The first-order valence-corrected chi connectivity index (χ1v) is 5.85. The molecular weight excluding hydrogens is 252 g/mol. The summed E-state index contributed by atoms with van der Waals surface area (Å²) >= 11 is 0. The average molecular weight is 268 g/mol. The second kappa shape index (κ2) is 6.53. The van der Waals surface area contributed by atoms with Gasteiger partial charge in [-0.05, 0) is 6.42 Å². The van der Waals surface area contributed by atoms with E-state index in [1.54, 1.807) is 0 Å². The standard InChI is InChI=1S/C11H16N4O4/c1-3-4-5-7(16)15-14-6(2)8-9(17)12-11(19)13-10(8)18/h8,14H,2-5H2,1H3,(H,15,16)(H2,12,13,17,18,19). The number of carbonyl (C=O) groups is 4. The number of hydrogen-bond donors (Lipinski definition) is 4. The van der Waals surface area contributed by atoms with Crippen molar-refractivity contribution in [2.75, 3.05) is 0 Å². The third-order valence-corrected chi connectivity index (χ3v) is 2.47. The van der Waals surface area contributed by atoms with Gasteiger partial charge in [-0.25, -0.2) is 4.79 Å². The molecule has 0 aliphatic carbocycles. The van der Waals surface area contributed by atoms with Gasteiger partial charge in [0.05, 0.1) is 0 Å². The Labute approximate surface area is 110 Å². The number of nitrogens with one attached hydrogen (secondary N) is 4. The van der Waals surface area contributed by atoms with E-state index in [1.165, 1.54) is 0 Å². The summed E-state index contributed by atoms with van der Waals surface area (Å²) in [5.74, 6) is -3.09. The Kier molecular flexibility index (Phi) is 5.04. The van der Waals surface area contributed by atoms with Crippen LogP contribution in [0.1, 0.15) is 26.2 Å². The van der Waals surface area contributed by atoms with Gasteiger partial charge in [0.15, 0.2) is 5.92 Å². The van der Waals surface area contributed by atoms with Crippen molar-refractivity contribution >= 4 is 23.8 Å². The van der Waals surface area contributed by atoms with Crippen LogP contribution in [0.25, 0.3) is 0 Å². The Hall–Kier alpha value is -2.38. The van der Waals surface area contributed by atoms with Gasteiger partial charge in [0.2, 0.25) is 17.7 Å². The maximum absolute atomic E-state index is 11.5. The number of rotatable bonds is 6. The number of barbiturate groups is 1. The summed E-state index contributed by atoms with van der Waals surface area (Å²) in [6.45, 7) is 5.45.